The lowest BCUT2D eigenvalue weighted by molar-refractivity contribution is -0.384. The maximum atomic E-state index is 12.7. The molecular weight excluding hydrogens is 509 g/mol. The van der Waals surface area contributed by atoms with Gasteiger partial charge in [-0.3, -0.25) is 19.5 Å². The summed E-state index contributed by atoms with van der Waals surface area (Å²) in [5.41, 5.74) is 3.80. The zero-order valence-corrected chi connectivity index (χ0v) is 21.0. The van der Waals surface area contributed by atoms with E-state index in [9.17, 15) is 14.9 Å². The fourth-order valence-corrected chi connectivity index (χ4v) is 4.58. The first-order chi connectivity index (χ1) is 16.7. The topological polar surface area (TPSA) is 103 Å². The van der Waals surface area contributed by atoms with E-state index in [2.05, 4.69) is 15.5 Å². The number of nitro groups is 1. The molecule has 35 heavy (non-hydrogen) atoms. The Morgan fingerprint density at radius 3 is 2.54 bits per heavy atom. The molecule has 1 amide bonds. The summed E-state index contributed by atoms with van der Waals surface area (Å²) >= 11 is 13.8. The van der Waals surface area contributed by atoms with Gasteiger partial charge in [-0.1, -0.05) is 59.2 Å². The number of halogens is 2. The van der Waals surface area contributed by atoms with Gasteiger partial charge < -0.3 is 5.32 Å². The SMILES string of the molecule is Cc1ccc(C)c(-n2c(SCC(=O)Nc3ccc([N+](=O)[O-])cc3Cl)nnc2-c2ccccc2Cl)c1. The highest BCUT2D eigenvalue weighted by Crippen LogP contribution is 2.33. The van der Waals surface area contributed by atoms with E-state index in [1.54, 1.807) is 6.07 Å². The van der Waals surface area contributed by atoms with Gasteiger partial charge in [-0.15, -0.1) is 10.2 Å². The third kappa shape index (κ3) is 5.48. The molecule has 0 aliphatic carbocycles. The number of carbonyl (C=O) groups is 1. The van der Waals surface area contributed by atoms with E-state index in [4.69, 9.17) is 23.2 Å². The molecule has 4 aromatic rings. The fourth-order valence-electron chi connectivity index (χ4n) is 3.39. The molecular formula is C24H19Cl2N5O3S. The molecule has 0 radical (unpaired) electrons. The summed E-state index contributed by atoms with van der Waals surface area (Å²) in [4.78, 5) is 23.0. The van der Waals surface area contributed by atoms with Crippen LogP contribution in [0.4, 0.5) is 11.4 Å². The molecule has 0 spiro atoms. The van der Waals surface area contributed by atoms with Gasteiger partial charge in [0.1, 0.15) is 0 Å². The van der Waals surface area contributed by atoms with Crippen LogP contribution in [-0.2, 0) is 4.79 Å². The van der Waals surface area contributed by atoms with Gasteiger partial charge in [-0.05, 0) is 49.2 Å². The number of carbonyl (C=O) groups excluding carboxylic acids is 1. The lowest BCUT2D eigenvalue weighted by Gasteiger charge is -2.14. The summed E-state index contributed by atoms with van der Waals surface area (Å²) in [6, 6.07) is 17.3. The molecule has 178 valence electrons. The number of nitro benzene ring substituents is 1. The molecule has 0 unspecified atom stereocenters. The molecule has 1 N–H and O–H groups in total. The number of nitrogens with zero attached hydrogens (tertiary/aromatic N) is 4. The van der Waals surface area contributed by atoms with Crippen LogP contribution in [-0.4, -0.2) is 31.3 Å². The van der Waals surface area contributed by atoms with E-state index in [0.29, 0.717) is 16.0 Å². The van der Waals surface area contributed by atoms with Gasteiger partial charge in [0.25, 0.3) is 5.69 Å². The van der Waals surface area contributed by atoms with Crippen LogP contribution < -0.4 is 5.32 Å². The minimum absolute atomic E-state index is 0.0127. The van der Waals surface area contributed by atoms with Crippen molar-refractivity contribution >= 4 is 52.2 Å². The molecule has 0 saturated heterocycles. The molecule has 0 saturated carbocycles. The Balaban J connectivity index is 1.63. The average Bonchev–Trinajstić information content (AvgIpc) is 3.24. The Hall–Kier alpha value is -3.40. The Morgan fingerprint density at radius 1 is 1.06 bits per heavy atom. The molecule has 1 aromatic heterocycles. The highest BCUT2D eigenvalue weighted by atomic mass is 35.5. The molecule has 4 rings (SSSR count). The van der Waals surface area contributed by atoms with Gasteiger partial charge in [0.15, 0.2) is 11.0 Å². The highest BCUT2D eigenvalue weighted by molar-refractivity contribution is 7.99. The van der Waals surface area contributed by atoms with E-state index >= 15 is 0 Å². The standard InChI is InChI=1S/C24H19Cl2N5O3S/c1-14-7-8-15(2)21(11-14)30-23(17-5-3-4-6-18(17)25)28-29-24(30)35-13-22(32)27-20-10-9-16(31(33)34)12-19(20)26/h3-12H,13H2,1-2H3,(H,27,32). The van der Waals surface area contributed by atoms with Crippen molar-refractivity contribution in [1.29, 1.82) is 0 Å². The number of rotatable bonds is 7. The second-order valence-electron chi connectivity index (χ2n) is 7.67. The van der Waals surface area contributed by atoms with Crippen LogP contribution in [0.25, 0.3) is 17.1 Å². The van der Waals surface area contributed by atoms with Crippen molar-refractivity contribution < 1.29 is 9.72 Å². The number of nitrogens with one attached hydrogen (secondary N) is 1. The van der Waals surface area contributed by atoms with Crippen LogP contribution in [0.3, 0.4) is 0 Å². The highest BCUT2D eigenvalue weighted by Gasteiger charge is 2.20. The molecule has 0 atom stereocenters. The molecule has 0 fully saturated rings. The lowest BCUT2D eigenvalue weighted by atomic mass is 10.1. The number of anilines is 1. The zero-order chi connectivity index (χ0) is 25.1. The summed E-state index contributed by atoms with van der Waals surface area (Å²) in [6.45, 7) is 3.99. The maximum Gasteiger partial charge on any atom is 0.271 e. The molecule has 0 aliphatic rings. The van der Waals surface area contributed by atoms with Crippen molar-refractivity contribution in [3.63, 3.8) is 0 Å². The van der Waals surface area contributed by atoms with E-state index in [-0.39, 0.29) is 28.1 Å². The second-order valence-corrected chi connectivity index (χ2v) is 9.43. The predicted molar refractivity (Wildman–Crippen MR) is 139 cm³/mol. The summed E-state index contributed by atoms with van der Waals surface area (Å²) in [5.74, 6) is 0.227. The summed E-state index contributed by atoms with van der Waals surface area (Å²) in [5, 5.41) is 23.4. The molecule has 0 bridgehead atoms. The van der Waals surface area contributed by atoms with Crippen molar-refractivity contribution in [2.75, 3.05) is 11.1 Å². The van der Waals surface area contributed by atoms with E-state index in [1.165, 1.54) is 30.0 Å². The number of thioether (sulfide) groups is 1. The fraction of sp³-hybridized carbons (Fsp3) is 0.125. The number of amides is 1. The van der Waals surface area contributed by atoms with Crippen LogP contribution in [0, 0.1) is 24.0 Å². The zero-order valence-electron chi connectivity index (χ0n) is 18.7. The van der Waals surface area contributed by atoms with Crippen molar-refractivity contribution in [3.05, 3.63) is 92.0 Å². The van der Waals surface area contributed by atoms with Crippen LogP contribution in [0.1, 0.15) is 11.1 Å². The second kappa shape index (κ2) is 10.5. The van der Waals surface area contributed by atoms with Crippen molar-refractivity contribution in [2.24, 2.45) is 0 Å². The van der Waals surface area contributed by atoms with Gasteiger partial charge in [0.05, 0.1) is 32.1 Å². The smallest absolute Gasteiger partial charge is 0.271 e. The number of benzene rings is 3. The van der Waals surface area contributed by atoms with Gasteiger partial charge in [-0.2, -0.15) is 0 Å². The normalized spacial score (nSPS) is 10.9. The number of aromatic nitrogens is 3. The number of hydrogen-bond donors (Lipinski definition) is 1. The summed E-state index contributed by atoms with van der Waals surface area (Å²) < 4.78 is 1.89. The Labute approximate surface area is 215 Å². The van der Waals surface area contributed by atoms with Crippen molar-refractivity contribution in [3.8, 4) is 17.1 Å². The van der Waals surface area contributed by atoms with Crippen LogP contribution in [0.5, 0.6) is 0 Å². The molecule has 8 nitrogen and oxygen atoms in total. The monoisotopic (exact) mass is 527 g/mol. The Morgan fingerprint density at radius 2 is 1.83 bits per heavy atom. The summed E-state index contributed by atoms with van der Waals surface area (Å²) in [7, 11) is 0. The van der Waals surface area contributed by atoms with E-state index < -0.39 is 4.92 Å². The average molecular weight is 528 g/mol. The molecule has 11 heteroatoms. The maximum absolute atomic E-state index is 12.7. The lowest BCUT2D eigenvalue weighted by Crippen LogP contribution is -2.15. The first kappa shape index (κ1) is 24.7. The van der Waals surface area contributed by atoms with E-state index in [0.717, 1.165) is 22.4 Å². The first-order valence-electron chi connectivity index (χ1n) is 10.4. The largest absolute Gasteiger partial charge is 0.324 e. The quantitative estimate of drug-likeness (QED) is 0.167. The first-order valence-corrected chi connectivity index (χ1v) is 12.1. The number of non-ortho nitro benzene ring substituents is 1. The number of hydrogen-bond acceptors (Lipinski definition) is 6. The molecule has 1 heterocycles. The van der Waals surface area contributed by atoms with Crippen LogP contribution >= 0.6 is 35.0 Å². The van der Waals surface area contributed by atoms with Crippen LogP contribution in [0.2, 0.25) is 10.0 Å². The van der Waals surface area contributed by atoms with Gasteiger partial charge in [0.2, 0.25) is 5.91 Å². The Kier molecular flexibility index (Phi) is 7.39. The predicted octanol–water partition coefficient (Wildman–Crippen LogP) is 6.50. The number of aryl methyl sites for hydroxylation is 2. The minimum atomic E-state index is -0.552. The van der Waals surface area contributed by atoms with Crippen molar-refractivity contribution in [1.82, 2.24) is 14.8 Å². The van der Waals surface area contributed by atoms with E-state index in [1.807, 2.05) is 54.8 Å². The van der Waals surface area contributed by atoms with Crippen molar-refractivity contribution in [2.45, 2.75) is 19.0 Å². The van der Waals surface area contributed by atoms with Gasteiger partial charge in [0, 0.05) is 17.7 Å². The summed E-state index contributed by atoms with van der Waals surface area (Å²) in [6.07, 6.45) is 0. The third-order valence-electron chi connectivity index (χ3n) is 5.12. The minimum Gasteiger partial charge on any atom is -0.324 e. The van der Waals surface area contributed by atoms with Crippen LogP contribution in [0.15, 0.2) is 65.8 Å². The molecule has 0 aliphatic heterocycles. The van der Waals surface area contributed by atoms with Gasteiger partial charge in [-0.25, -0.2) is 0 Å². The third-order valence-corrected chi connectivity index (χ3v) is 6.69. The Bertz CT molecular complexity index is 1440. The molecule has 3 aromatic carbocycles. The van der Waals surface area contributed by atoms with Gasteiger partial charge >= 0.3 is 0 Å².